The first-order chi connectivity index (χ1) is 8.70. The molecule has 1 amide bonds. The summed E-state index contributed by atoms with van der Waals surface area (Å²) in [7, 11) is 1.65. The maximum Gasteiger partial charge on any atom is 0.234 e. The van der Waals surface area contributed by atoms with Gasteiger partial charge in [0.1, 0.15) is 0 Å². The summed E-state index contributed by atoms with van der Waals surface area (Å²) in [5.74, 6) is 3.82. The van der Waals surface area contributed by atoms with Gasteiger partial charge in [0.25, 0.3) is 0 Å². The van der Waals surface area contributed by atoms with Crippen molar-refractivity contribution in [3.63, 3.8) is 0 Å². The number of hydrogen-bond acceptors (Lipinski definition) is 3. The van der Waals surface area contributed by atoms with Gasteiger partial charge in [-0.05, 0) is 49.9 Å². The molecule has 3 aliphatic carbocycles. The normalized spacial score (nSPS) is 41.6. The zero-order chi connectivity index (χ0) is 12.7. The number of ether oxygens (including phenoxy) is 1. The highest BCUT2D eigenvalue weighted by Crippen LogP contribution is 2.65. The lowest BCUT2D eigenvalue weighted by molar-refractivity contribution is -0.121. The Hall–Kier alpha value is -0.610. The smallest absolute Gasteiger partial charge is 0.234 e. The molecule has 5 atom stereocenters. The first kappa shape index (κ1) is 12.4. The third-order valence-electron chi connectivity index (χ3n) is 5.06. The number of methoxy groups -OCH3 is 1. The average molecular weight is 252 g/mol. The number of rotatable bonds is 6. The lowest BCUT2D eigenvalue weighted by atomic mass is 10.0. The summed E-state index contributed by atoms with van der Waals surface area (Å²) in [6.45, 7) is 3.00. The second-order valence-corrected chi connectivity index (χ2v) is 6.32. The number of carbonyl (C=O) groups is 1. The molecule has 102 valence electrons. The average Bonchev–Trinajstić information content (AvgIpc) is 2.72. The Labute approximate surface area is 109 Å². The summed E-state index contributed by atoms with van der Waals surface area (Å²) in [6.07, 6.45) is 4.33. The van der Waals surface area contributed by atoms with Gasteiger partial charge in [-0.25, -0.2) is 0 Å². The summed E-state index contributed by atoms with van der Waals surface area (Å²) in [5, 5.41) is 6.40. The van der Waals surface area contributed by atoms with Crippen LogP contribution in [0.5, 0.6) is 0 Å². The highest BCUT2D eigenvalue weighted by molar-refractivity contribution is 5.78. The van der Waals surface area contributed by atoms with Gasteiger partial charge < -0.3 is 15.4 Å². The van der Waals surface area contributed by atoms with E-state index in [0.29, 0.717) is 19.2 Å². The van der Waals surface area contributed by atoms with Crippen LogP contribution in [0.15, 0.2) is 0 Å². The quantitative estimate of drug-likeness (QED) is 0.734. The lowest BCUT2D eigenvalue weighted by Gasteiger charge is -2.14. The molecule has 0 aromatic heterocycles. The molecule has 4 heteroatoms. The molecule has 3 aliphatic rings. The molecule has 2 N–H and O–H groups in total. The molecule has 3 rings (SSSR count). The van der Waals surface area contributed by atoms with Crippen molar-refractivity contribution in [3.8, 4) is 0 Å². The molecule has 0 aromatic carbocycles. The number of amides is 1. The summed E-state index contributed by atoms with van der Waals surface area (Å²) in [6, 6.07) is 0.735. The largest absolute Gasteiger partial charge is 0.383 e. The Morgan fingerprint density at radius 2 is 2.00 bits per heavy atom. The highest BCUT2D eigenvalue weighted by atomic mass is 16.5. The van der Waals surface area contributed by atoms with Crippen LogP contribution in [0.4, 0.5) is 0 Å². The van der Waals surface area contributed by atoms with Crippen LogP contribution in [0.25, 0.3) is 0 Å². The molecule has 0 spiro atoms. The zero-order valence-corrected chi connectivity index (χ0v) is 11.3. The van der Waals surface area contributed by atoms with Gasteiger partial charge in [0.2, 0.25) is 5.91 Å². The predicted octanol–water partition coefficient (Wildman–Crippen LogP) is 0.772. The van der Waals surface area contributed by atoms with E-state index in [1.807, 2.05) is 6.92 Å². The van der Waals surface area contributed by atoms with Crippen molar-refractivity contribution < 1.29 is 9.53 Å². The summed E-state index contributed by atoms with van der Waals surface area (Å²) >= 11 is 0. The van der Waals surface area contributed by atoms with Crippen molar-refractivity contribution in [2.45, 2.75) is 38.3 Å². The number of fused-ring (bicyclic) bond motifs is 5. The third-order valence-corrected chi connectivity index (χ3v) is 5.06. The second-order valence-electron chi connectivity index (χ2n) is 6.32. The van der Waals surface area contributed by atoms with Crippen molar-refractivity contribution in [3.05, 3.63) is 0 Å². The fourth-order valence-electron chi connectivity index (χ4n) is 4.43. The second kappa shape index (κ2) is 4.82. The molecule has 0 radical (unpaired) electrons. The van der Waals surface area contributed by atoms with E-state index >= 15 is 0 Å². The Bertz CT molecular complexity index is 318. The van der Waals surface area contributed by atoms with Crippen molar-refractivity contribution >= 4 is 5.91 Å². The van der Waals surface area contributed by atoms with Gasteiger partial charge >= 0.3 is 0 Å². The van der Waals surface area contributed by atoms with Crippen LogP contribution in [0, 0.1) is 23.7 Å². The maximum atomic E-state index is 11.7. The summed E-state index contributed by atoms with van der Waals surface area (Å²) in [5.41, 5.74) is 0. The standard InChI is InChI=1S/C14H24N2O2/c1-8(7-18-2)16-11(17)6-15-14-12-9-3-4-10(5-9)13(12)14/h8-10,12-15H,3-7H2,1-2H3,(H,16,17). The first-order valence-corrected chi connectivity index (χ1v) is 7.22. The lowest BCUT2D eigenvalue weighted by Crippen LogP contribution is -2.42. The van der Waals surface area contributed by atoms with E-state index in [9.17, 15) is 4.79 Å². The van der Waals surface area contributed by atoms with Crippen LogP contribution in [-0.4, -0.2) is 38.3 Å². The van der Waals surface area contributed by atoms with Gasteiger partial charge in [0.05, 0.1) is 13.2 Å². The highest BCUT2D eigenvalue weighted by Gasteiger charge is 2.64. The number of carbonyl (C=O) groups excluding carboxylic acids is 1. The molecule has 4 nitrogen and oxygen atoms in total. The molecule has 3 fully saturated rings. The van der Waals surface area contributed by atoms with Crippen molar-refractivity contribution in [2.75, 3.05) is 20.3 Å². The van der Waals surface area contributed by atoms with Gasteiger partial charge in [-0.15, -0.1) is 0 Å². The van der Waals surface area contributed by atoms with Crippen LogP contribution < -0.4 is 10.6 Å². The monoisotopic (exact) mass is 252 g/mol. The molecule has 3 saturated carbocycles. The SMILES string of the molecule is COCC(C)NC(=O)CNC1C2C3CCC(C3)C12. The molecule has 0 saturated heterocycles. The van der Waals surface area contributed by atoms with Crippen LogP contribution in [-0.2, 0) is 9.53 Å². The van der Waals surface area contributed by atoms with E-state index in [2.05, 4.69) is 10.6 Å². The molecule has 2 bridgehead atoms. The minimum atomic E-state index is 0.0943. The van der Waals surface area contributed by atoms with E-state index in [-0.39, 0.29) is 11.9 Å². The van der Waals surface area contributed by atoms with Gasteiger partial charge in [-0.1, -0.05) is 0 Å². The van der Waals surface area contributed by atoms with Crippen LogP contribution in [0.1, 0.15) is 26.2 Å². The Balaban J connectivity index is 1.37. The molecule has 0 aromatic rings. The number of hydrogen-bond donors (Lipinski definition) is 2. The zero-order valence-electron chi connectivity index (χ0n) is 11.3. The topological polar surface area (TPSA) is 50.4 Å². The van der Waals surface area contributed by atoms with Gasteiger partial charge in [0, 0.05) is 19.2 Å². The predicted molar refractivity (Wildman–Crippen MR) is 69.1 cm³/mol. The molecule has 0 heterocycles. The third kappa shape index (κ3) is 2.16. The van der Waals surface area contributed by atoms with Crippen LogP contribution in [0.3, 0.4) is 0 Å². The van der Waals surface area contributed by atoms with E-state index in [0.717, 1.165) is 23.7 Å². The maximum absolute atomic E-state index is 11.7. The van der Waals surface area contributed by atoms with Crippen molar-refractivity contribution in [2.24, 2.45) is 23.7 Å². The van der Waals surface area contributed by atoms with E-state index in [1.165, 1.54) is 19.3 Å². The van der Waals surface area contributed by atoms with Gasteiger partial charge in [0.15, 0.2) is 0 Å². The minimum absolute atomic E-state index is 0.0943. The Morgan fingerprint density at radius 1 is 1.33 bits per heavy atom. The summed E-state index contributed by atoms with van der Waals surface area (Å²) < 4.78 is 5.00. The number of nitrogens with one attached hydrogen (secondary N) is 2. The van der Waals surface area contributed by atoms with E-state index in [1.54, 1.807) is 7.11 Å². The molecule has 0 aliphatic heterocycles. The van der Waals surface area contributed by atoms with E-state index in [4.69, 9.17) is 4.74 Å². The first-order valence-electron chi connectivity index (χ1n) is 7.22. The molecule has 5 unspecified atom stereocenters. The Morgan fingerprint density at radius 3 is 2.61 bits per heavy atom. The van der Waals surface area contributed by atoms with Gasteiger partial charge in [-0.2, -0.15) is 0 Å². The van der Waals surface area contributed by atoms with Crippen molar-refractivity contribution in [1.29, 1.82) is 0 Å². The Kier molecular flexibility index (Phi) is 3.32. The molecule has 18 heavy (non-hydrogen) atoms. The summed E-state index contributed by atoms with van der Waals surface area (Å²) in [4.78, 5) is 11.7. The van der Waals surface area contributed by atoms with Crippen LogP contribution >= 0.6 is 0 Å². The van der Waals surface area contributed by atoms with E-state index < -0.39 is 0 Å². The fourth-order valence-corrected chi connectivity index (χ4v) is 4.43. The fraction of sp³-hybridized carbons (Fsp3) is 0.929. The van der Waals surface area contributed by atoms with Crippen molar-refractivity contribution in [1.82, 2.24) is 10.6 Å². The van der Waals surface area contributed by atoms with Crippen LogP contribution in [0.2, 0.25) is 0 Å². The molecular weight excluding hydrogens is 228 g/mol. The van der Waals surface area contributed by atoms with Gasteiger partial charge in [-0.3, -0.25) is 4.79 Å². The molecular formula is C14H24N2O2. The minimum Gasteiger partial charge on any atom is -0.383 e.